The Kier molecular flexibility index (Phi) is 7.49. The maximum atomic E-state index is 2.24. The van der Waals surface area contributed by atoms with E-state index in [1.165, 1.54) is 21.7 Å². The van der Waals surface area contributed by atoms with Crippen LogP contribution in [-0.2, 0) is 10.9 Å². The second-order valence-electron chi connectivity index (χ2n) is 5.45. The van der Waals surface area contributed by atoms with Crippen LogP contribution in [0.1, 0.15) is 0 Å². The monoisotopic (exact) mass is 473 g/mol. The lowest BCUT2D eigenvalue weighted by molar-refractivity contribution is 1.41. The fourth-order valence-corrected chi connectivity index (χ4v) is 9.99. The first kappa shape index (κ1) is 20.0. The van der Waals surface area contributed by atoms with Crippen LogP contribution in [0.2, 0.25) is 0 Å². The second kappa shape index (κ2) is 10.5. The summed E-state index contributed by atoms with van der Waals surface area (Å²) in [6.07, 6.45) is 0. The average Bonchev–Trinajstić information content (AvgIpc) is 3.53. The highest BCUT2D eigenvalue weighted by atomic mass is 32.2. The van der Waals surface area contributed by atoms with Crippen molar-refractivity contribution in [2.75, 3.05) is 0 Å². The zero-order chi connectivity index (χ0) is 19.0. The third-order valence-electron chi connectivity index (χ3n) is 3.56. The van der Waals surface area contributed by atoms with Crippen LogP contribution in [-0.4, -0.2) is 0 Å². The number of thiophene rings is 4. The van der Waals surface area contributed by atoms with Crippen LogP contribution < -0.4 is 0 Å². The highest BCUT2D eigenvalue weighted by Gasteiger charge is 2.30. The molecule has 0 saturated heterocycles. The molecule has 0 unspecified atom stereocenters. The molecule has 4 heterocycles. The Hall–Kier alpha value is -1.28. The first-order chi connectivity index (χ1) is 13.9. The van der Waals surface area contributed by atoms with Crippen LogP contribution in [0.4, 0.5) is 0 Å². The summed E-state index contributed by atoms with van der Waals surface area (Å²) in [5.74, 6) is 0. The van der Waals surface area contributed by atoms with E-state index in [1.807, 2.05) is 34.4 Å². The normalized spacial score (nSPS) is 10.6. The predicted octanol–water partition coefficient (Wildman–Crippen LogP) is 8.87. The molecule has 0 spiro atoms. The largest absolute Gasteiger partial charge is 0.221 e. The molecule has 0 saturated carbocycles. The molecule has 0 aliphatic heterocycles. The molecule has 0 N–H and O–H groups in total. The SMILES string of the molecule is c1ccc([S+](c2cccs2)c2cccs2)cc1.c1csc(Sc2cccs2)c1. The lowest BCUT2D eigenvalue weighted by Crippen LogP contribution is -1.99. The molecular formula is C22H17S6+. The molecule has 0 bridgehead atoms. The number of hydrogen-bond acceptors (Lipinski definition) is 5. The molecule has 5 aromatic rings. The highest BCUT2D eigenvalue weighted by Crippen LogP contribution is 2.36. The molecule has 0 fully saturated rings. The van der Waals surface area contributed by atoms with Gasteiger partial charge < -0.3 is 0 Å². The number of rotatable bonds is 5. The van der Waals surface area contributed by atoms with Crippen LogP contribution >= 0.6 is 57.1 Å². The van der Waals surface area contributed by atoms with E-state index in [-0.39, 0.29) is 10.9 Å². The fourth-order valence-electron chi connectivity index (χ4n) is 2.39. The summed E-state index contributed by atoms with van der Waals surface area (Å²) in [6, 6.07) is 28.0. The summed E-state index contributed by atoms with van der Waals surface area (Å²) in [5, 5.41) is 8.53. The molecule has 0 aliphatic rings. The first-order valence-electron chi connectivity index (χ1n) is 8.51. The Balaban J connectivity index is 0.000000151. The Bertz CT molecular complexity index is 948. The molecule has 6 heteroatoms. The zero-order valence-electron chi connectivity index (χ0n) is 14.8. The van der Waals surface area contributed by atoms with Crippen molar-refractivity contribution in [3.8, 4) is 0 Å². The molecule has 5 rings (SSSR count). The van der Waals surface area contributed by atoms with Crippen molar-refractivity contribution >= 4 is 68.0 Å². The van der Waals surface area contributed by atoms with Gasteiger partial charge in [-0.15, -0.1) is 22.7 Å². The average molecular weight is 474 g/mol. The smallest absolute Gasteiger partial charge is 0.137 e. The van der Waals surface area contributed by atoms with Gasteiger partial charge in [-0.2, -0.15) is 0 Å². The van der Waals surface area contributed by atoms with Gasteiger partial charge in [0.15, 0.2) is 4.90 Å². The molecule has 140 valence electrons. The summed E-state index contributed by atoms with van der Waals surface area (Å²) in [6.45, 7) is 0. The lowest BCUT2D eigenvalue weighted by atomic mass is 10.4. The molecule has 0 aliphatic carbocycles. The molecule has 0 nitrogen and oxygen atoms in total. The van der Waals surface area contributed by atoms with Gasteiger partial charge in [-0.25, -0.2) is 0 Å². The van der Waals surface area contributed by atoms with Gasteiger partial charge in [0.25, 0.3) is 0 Å². The van der Waals surface area contributed by atoms with Gasteiger partial charge in [0.2, 0.25) is 8.42 Å². The Morgan fingerprint density at radius 2 is 1.00 bits per heavy atom. The molecule has 28 heavy (non-hydrogen) atoms. The lowest BCUT2D eigenvalue weighted by Gasteiger charge is -2.02. The fraction of sp³-hybridized carbons (Fsp3) is 0. The Labute approximate surface area is 188 Å². The van der Waals surface area contributed by atoms with Crippen LogP contribution in [0.15, 0.2) is 122 Å². The maximum Gasteiger partial charge on any atom is 0.221 e. The van der Waals surface area contributed by atoms with Crippen molar-refractivity contribution in [3.63, 3.8) is 0 Å². The van der Waals surface area contributed by atoms with Crippen molar-refractivity contribution < 1.29 is 0 Å². The standard InChI is InChI=1S/C14H11S3.C8H6S3/c1-2-6-12(7-3-1)17(13-8-4-10-15-13)14-9-5-11-16-14;1-3-7(9-5-1)11-8-4-2-6-10-8/h1-11H;1-6H/q+1;. The zero-order valence-corrected chi connectivity index (χ0v) is 19.7. The van der Waals surface area contributed by atoms with E-state index >= 15 is 0 Å². The van der Waals surface area contributed by atoms with Crippen molar-refractivity contribution in [1.82, 2.24) is 0 Å². The minimum absolute atomic E-state index is 0.0846. The Morgan fingerprint density at radius 1 is 0.500 bits per heavy atom. The van der Waals surface area contributed by atoms with Crippen molar-refractivity contribution in [1.29, 1.82) is 0 Å². The molecular weight excluding hydrogens is 457 g/mol. The van der Waals surface area contributed by atoms with Gasteiger partial charge in [-0.1, -0.05) is 64.8 Å². The van der Waals surface area contributed by atoms with Crippen molar-refractivity contribution in [2.45, 2.75) is 21.7 Å². The van der Waals surface area contributed by atoms with Gasteiger partial charge in [-0.05, 0) is 57.9 Å². The summed E-state index contributed by atoms with van der Waals surface area (Å²) in [5.41, 5.74) is 0. The Morgan fingerprint density at radius 3 is 1.43 bits per heavy atom. The number of benzene rings is 1. The third-order valence-corrected chi connectivity index (χ3v) is 11.4. The summed E-state index contributed by atoms with van der Waals surface area (Å²) < 4.78 is 5.62. The van der Waals surface area contributed by atoms with Crippen LogP contribution in [0.3, 0.4) is 0 Å². The van der Waals surface area contributed by atoms with E-state index in [0.29, 0.717) is 0 Å². The van der Waals surface area contributed by atoms with Crippen LogP contribution in [0.25, 0.3) is 0 Å². The van der Waals surface area contributed by atoms with Gasteiger partial charge in [0.05, 0.1) is 8.42 Å². The van der Waals surface area contributed by atoms with Gasteiger partial charge in [-0.3, -0.25) is 0 Å². The van der Waals surface area contributed by atoms with E-state index in [2.05, 4.69) is 100 Å². The molecule has 1 aromatic carbocycles. The summed E-state index contributed by atoms with van der Waals surface area (Å²) >= 11 is 9.11. The van der Waals surface area contributed by atoms with E-state index in [1.54, 1.807) is 22.7 Å². The number of hydrogen-bond donors (Lipinski definition) is 0. The van der Waals surface area contributed by atoms with Gasteiger partial charge >= 0.3 is 0 Å². The molecule has 0 atom stereocenters. The van der Waals surface area contributed by atoms with E-state index < -0.39 is 0 Å². The maximum absolute atomic E-state index is 2.24. The van der Waals surface area contributed by atoms with Gasteiger partial charge in [0.1, 0.15) is 10.9 Å². The van der Waals surface area contributed by atoms with Crippen molar-refractivity contribution in [3.05, 3.63) is 100 Å². The minimum Gasteiger partial charge on any atom is -0.137 e. The molecule has 0 radical (unpaired) electrons. The van der Waals surface area contributed by atoms with E-state index in [4.69, 9.17) is 0 Å². The van der Waals surface area contributed by atoms with Crippen LogP contribution in [0.5, 0.6) is 0 Å². The predicted molar refractivity (Wildman–Crippen MR) is 130 cm³/mol. The second-order valence-corrected chi connectivity index (χ2v) is 13.3. The van der Waals surface area contributed by atoms with Crippen LogP contribution in [0, 0.1) is 0 Å². The summed E-state index contributed by atoms with van der Waals surface area (Å²) in [7, 11) is 0.0846. The highest BCUT2D eigenvalue weighted by molar-refractivity contribution is 8.02. The minimum atomic E-state index is 0.0846. The topological polar surface area (TPSA) is 0 Å². The quantitative estimate of drug-likeness (QED) is 0.230. The molecule has 0 amide bonds. The summed E-state index contributed by atoms with van der Waals surface area (Å²) in [4.78, 5) is 1.40. The van der Waals surface area contributed by atoms with E-state index in [0.717, 1.165) is 0 Å². The third kappa shape index (κ3) is 5.41. The van der Waals surface area contributed by atoms with Gasteiger partial charge in [0, 0.05) is 12.1 Å². The van der Waals surface area contributed by atoms with Crippen molar-refractivity contribution in [2.24, 2.45) is 0 Å². The molecule has 4 aromatic heterocycles. The van der Waals surface area contributed by atoms with E-state index in [9.17, 15) is 0 Å². The first-order valence-corrected chi connectivity index (χ1v) is 14.1.